The molecule has 1 aromatic heterocycles. The quantitative estimate of drug-likeness (QED) is 0.916. The summed E-state index contributed by atoms with van der Waals surface area (Å²) in [6.45, 7) is 1.19. The van der Waals surface area contributed by atoms with Gasteiger partial charge in [-0.1, -0.05) is 0 Å². The molecule has 1 saturated carbocycles. The van der Waals surface area contributed by atoms with Crippen LogP contribution in [0.4, 0.5) is 5.69 Å². The molecule has 0 unspecified atom stereocenters. The van der Waals surface area contributed by atoms with Gasteiger partial charge in [0, 0.05) is 25.3 Å². The van der Waals surface area contributed by atoms with E-state index in [9.17, 15) is 9.59 Å². The van der Waals surface area contributed by atoms with Gasteiger partial charge in [0.1, 0.15) is 0 Å². The predicted molar refractivity (Wildman–Crippen MR) is 83.6 cm³/mol. The van der Waals surface area contributed by atoms with Crippen molar-refractivity contribution in [2.45, 2.75) is 37.8 Å². The lowest BCUT2D eigenvalue weighted by Gasteiger charge is -2.40. The van der Waals surface area contributed by atoms with E-state index in [0.717, 1.165) is 19.3 Å². The van der Waals surface area contributed by atoms with Gasteiger partial charge in [0.2, 0.25) is 11.8 Å². The zero-order valence-electron chi connectivity index (χ0n) is 13.0. The van der Waals surface area contributed by atoms with Crippen LogP contribution >= 0.6 is 0 Å². The van der Waals surface area contributed by atoms with Gasteiger partial charge in [0.25, 0.3) is 0 Å². The number of carbonyl (C=O) groups excluding carboxylic acids is 2. The lowest BCUT2D eigenvalue weighted by Crippen LogP contribution is -2.54. The predicted octanol–water partition coefficient (Wildman–Crippen LogP) is 1.44. The number of hydrogen-bond acceptors (Lipinski definition) is 4. The highest BCUT2D eigenvalue weighted by Crippen LogP contribution is 2.37. The Balaban J connectivity index is 1.48. The van der Waals surface area contributed by atoms with Crippen molar-refractivity contribution in [3.63, 3.8) is 0 Å². The molecule has 0 aromatic carbocycles. The number of aromatic nitrogens is 1. The smallest absolute Gasteiger partial charge is 0.229 e. The maximum absolute atomic E-state index is 12.6. The number of piperidine rings is 1. The summed E-state index contributed by atoms with van der Waals surface area (Å²) in [4.78, 5) is 31.1. The average molecular weight is 315 g/mol. The number of hydrogen-bond donors (Lipinski definition) is 1. The molecule has 3 heterocycles. The van der Waals surface area contributed by atoms with Crippen LogP contribution in [-0.2, 0) is 14.3 Å². The summed E-state index contributed by atoms with van der Waals surface area (Å²) >= 11 is 0. The van der Waals surface area contributed by atoms with Crippen LogP contribution in [0.1, 0.15) is 25.7 Å². The van der Waals surface area contributed by atoms with Gasteiger partial charge in [-0.15, -0.1) is 0 Å². The van der Waals surface area contributed by atoms with E-state index in [1.165, 1.54) is 0 Å². The van der Waals surface area contributed by atoms with Gasteiger partial charge in [-0.3, -0.25) is 14.6 Å². The Hall–Kier alpha value is -1.95. The minimum absolute atomic E-state index is 0.00361. The molecule has 6 heteroatoms. The number of nitrogens with one attached hydrogen (secondary N) is 1. The summed E-state index contributed by atoms with van der Waals surface area (Å²) in [5.41, 5.74) is 0.687. The normalized spacial score (nSPS) is 29.9. The van der Waals surface area contributed by atoms with E-state index < -0.39 is 0 Å². The van der Waals surface area contributed by atoms with Gasteiger partial charge < -0.3 is 15.0 Å². The Morgan fingerprint density at radius 3 is 2.87 bits per heavy atom. The molecule has 0 spiro atoms. The summed E-state index contributed by atoms with van der Waals surface area (Å²) in [6, 6.07) is 3.76. The Morgan fingerprint density at radius 1 is 1.26 bits per heavy atom. The first-order valence-corrected chi connectivity index (χ1v) is 8.35. The Kier molecular flexibility index (Phi) is 3.77. The SMILES string of the molecule is O=C(Nc1cccnc1)[C@H]1C[C@H]2OCC[C@H]2N(C(=O)C2CC2)C1. The van der Waals surface area contributed by atoms with Crippen molar-refractivity contribution in [1.82, 2.24) is 9.88 Å². The fourth-order valence-corrected chi connectivity index (χ4v) is 3.64. The molecule has 1 N–H and O–H groups in total. The van der Waals surface area contributed by atoms with Crippen LogP contribution in [0.5, 0.6) is 0 Å². The van der Waals surface area contributed by atoms with Crippen molar-refractivity contribution in [1.29, 1.82) is 0 Å². The van der Waals surface area contributed by atoms with E-state index >= 15 is 0 Å². The van der Waals surface area contributed by atoms with Gasteiger partial charge in [0.15, 0.2) is 0 Å². The third kappa shape index (κ3) is 2.95. The van der Waals surface area contributed by atoms with Crippen molar-refractivity contribution < 1.29 is 14.3 Å². The number of anilines is 1. The lowest BCUT2D eigenvalue weighted by atomic mass is 9.89. The molecule has 2 saturated heterocycles. The van der Waals surface area contributed by atoms with Crippen molar-refractivity contribution >= 4 is 17.5 Å². The Morgan fingerprint density at radius 2 is 2.13 bits per heavy atom. The molecule has 6 nitrogen and oxygen atoms in total. The second-order valence-electron chi connectivity index (χ2n) is 6.69. The largest absolute Gasteiger partial charge is 0.376 e. The van der Waals surface area contributed by atoms with Gasteiger partial charge >= 0.3 is 0 Å². The molecule has 2 amide bonds. The first kappa shape index (κ1) is 14.6. The maximum Gasteiger partial charge on any atom is 0.229 e. The minimum Gasteiger partial charge on any atom is -0.376 e. The maximum atomic E-state index is 12.6. The summed E-state index contributed by atoms with van der Waals surface area (Å²) in [5, 5.41) is 2.90. The molecular weight excluding hydrogens is 294 g/mol. The molecule has 0 radical (unpaired) electrons. The molecule has 23 heavy (non-hydrogen) atoms. The second kappa shape index (κ2) is 5.92. The van der Waals surface area contributed by atoms with Crippen LogP contribution in [0.2, 0.25) is 0 Å². The number of carbonyl (C=O) groups is 2. The minimum atomic E-state index is -0.225. The first-order chi connectivity index (χ1) is 11.2. The zero-order chi connectivity index (χ0) is 15.8. The monoisotopic (exact) mass is 315 g/mol. The number of amides is 2. The standard InChI is InChI=1S/C17H21N3O3/c21-16(19-13-2-1-6-18-9-13)12-8-15-14(5-7-23-15)20(10-12)17(22)11-3-4-11/h1-2,6,9,11-12,14-15H,3-5,7-8,10H2,(H,19,21)/t12-,14+,15+/m0/s1. The highest BCUT2D eigenvalue weighted by atomic mass is 16.5. The molecular formula is C17H21N3O3. The highest BCUT2D eigenvalue weighted by molar-refractivity contribution is 5.93. The first-order valence-electron chi connectivity index (χ1n) is 8.35. The van der Waals surface area contributed by atoms with E-state index in [1.807, 2.05) is 11.0 Å². The number of nitrogens with zero attached hydrogens (tertiary/aromatic N) is 2. The second-order valence-corrected chi connectivity index (χ2v) is 6.69. The van der Waals surface area contributed by atoms with Gasteiger partial charge in [-0.25, -0.2) is 0 Å². The molecule has 2 aliphatic heterocycles. The number of fused-ring (bicyclic) bond motifs is 1. The van der Waals surface area contributed by atoms with E-state index in [2.05, 4.69) is 10.3 Å². The van der Waals surface area contributed by atoms with Crippen LogP contribution in [0, 0.1) is 11.8 Å². The average Bonchev–Trinajstić information content (AvgIpc) is 3.31. The van der Waals surface area contributed by atoms with Crippen LogP contribution in [0.15, 0.2) is 24.5 Å². The zero-order valence-corrected chi connectivity index (χ0v) is 13.0. The number of ether oxygens (including phenoxy) is 1. The number of rotatable bonds is 3. The third-order valence-electron chi connectivity index (χ3n) is 5.02. The molecule has 122 valence electrons. The van der Waals surface area contributed by atoms with Gasteiger partial charge in [-0.2, -0.15) is 0 Å². The van der Waals surface area contributed by atoms with Crippen molar-refractivity contribution in [2.75, 3.05) is 18.5 Å². The van der Waals surface area contributed by atoms with Crippen LogP contribution < -0.4 is 5.32 Å². The van der Waals surface area contributed by atoms with E-state index in [-0.39, 0.29) is 35.8 Å². The number of pyridine rings is 1. The van der Waals surface area contributed by atoms with Gasteiger partial charge in [0.05, 0.1) is 29.9 Å². The highest BCUT2D eigenvalue weighted by Gasteiger charge is 2.47. The van der Waals surface area contributed by atoms with Crippen molar-refractivity contribution in [3.8, 4) is 0 Å². The topological polar surface area (TPSA) is 71.5 Å². The molecule has 0 bridgehead atoms. The van der Waals surface area contributed by atoms with Crippen LogP contribution in [-0.4, -0.2) is 47.0 Å². The summed E-state index contributed by atoms with van der Waals surface area (Å²) in [5.74, 6) is 0.110. The summed E-state index contributed by atoms with van der Waals surface area (Å²) in [6.07, 6.45) is 6.84. The van der Waals surface area contributed by atoms with Gasteiger partial charge in [-0.05, 0) is 37.8 Å². The molecule has 4 rings (SSSR count). The van der Waals surface area contributed by atoms with Crippen LogP contribution in [0.25, 0.3) is 0 Å². The van der Waals surface area contributed by atoms with E-state index in [0.29, 0.717) is 25.3 Å². The molecule has 1 aromatic rings. The van der Waals surface area contributed by atoms with Crippen molar-refractivity contribution in [3.05, 3.63) is 24.5 Å². The molecule has 3 aliphatic rings. The fraction of sp³-hybridized carbons (Fsp3) is 0.588. The third-order valence-corrected chi connectivity index (χ3v) is 5.02. The fourth-order valence-electron chi connectivity index (χ4n) is 3.64. The van der Waals surface area contributed by atoms with E-state index in [1.54, 1.807) is 18.5 Å². The number of likely N-dealkylation sites (tertiary alicyclic amines) is 1. The van der Waals surface area contributed by atoms with Crippen molar-refractivity contribution in [2.24, 2.45) is 11.8 Å². The molecule has 3 atom stereocenters. The lowest BCUT2D eigenvalue weighted by molar-refractivity contribution is -0.142. The van der Waals surface area contributed by atoms with Crippen LogP contribution in [0.3, 0.4) is 0 Å². The van der Waals surface area contributed by atoms with E-state index in [4.69, 9.17) is 4.74 Å². The molecule has 1 aliphatic carbocycles. The summed E-state index contributed by atoms with van der Waals surface area (Å²) < 4.78 is 5.78. The Bertz CT molecular complexity index is 602. The Labute approximate surface area is 135 Å². The summed E-state index contributed by atoms with van der Waals surface area (Å²) in [7, 11) is 0. The molecule has 3 fully saturated rings.